The summed E-state index contributed by atoms with van der Waals surface area (Å²) in [5.74, 6) is 0.656. The van der Waals surface area contributed by atoms with Crippen LogP contribution in [0.4, 0.5) is 10.5 Å². The highest BCUT2D eigenvalue weighted by Gasteiger charge is 2.28. The Morgan fingerprint density at radius 3 is 2.45 bits per heavy atom. The smallest absolute Gasteiger partial charge is 0.407 e. The number of carbonyl (C=O) groups is 1. The lowest BCUT2D eigenvalue weighted by atomic mass is 9.86. The highest BCUT2D eigenvalue weighted by Crippen LogP contribution is 2.40. The minimum absolute atomic E-state index is 0.0946. The van der Waals surface area contributed by atoms with Gasteiger partial charge in [-0.05, 0) is 70.9 Å². The zero-order chi connectivity index (χ0) is 29.5. The van der Waals surface area contributed by atoms with Crippen molar-refractivity contribution in [1.29, 1.82) is 0 Å². The summed E-state index contributed by atoms with van der Waals surface area (Å²) in [6.07, 6.45) is 5.47. The van der Waals surface area contributed by atoms with Crippen molar-refractivity contribution < 1.29 is 22.7 Å². The molecule has 1 aromatic carbocycles. The van der Waals surface area contributed by atoms with Crippen molar-refractivity contribution in [2.45, 2.75) is 109 Å². The number of carbonyl (C=O) groups excluding carboxylic acids is 1. The Morgan fingerprint density at radius 1 is 1.15 bits per heavy atom. The van der Waals surface area contributed by atoms with Gasteiger partial charge in [-0.2, -0.15) is 0 Å². The maximum absolute atomic E-state index is 13.3. The van der Waals surface area contributed by atoms with E-state index in [1.165, 1.54) is 11.3 Å². The van der Waals surface area contributed by atoms with Crippen LogP contribution in [0.1, 0.15) is 91.5 Å². The molecule has 1 aliphatic rings. The van der Waals surface area contributed by atoms with Gasteiger partial charge in [-0.3, -0.25) is 0 Å². The van der Waals surface area contributed by atoms with Crippen LogP contribution in [0, 0.1) is 5.92 Å². The first-order chi connectivity index (χ1) is 18.9. The van der Waals surface area contributed by atoms with Crippen molar-refractivity contribution in [3.05, 3.63) is 29.4 Å². The zero-order valence-corrected chi connectivity index (χ0v) is 26.5. The number of ether oxygens (including phenoxy) is 2. The highest BCUT2D eigenvalue weighted by molar-refractivity contribution is 7.89. The van der Waals surface area contributed by atoms with E-state index in [4.69, 9.17) is 14.5 Å². The monoisotopic (exact) mass is 594 g/mol. The largest absolute Gasteiger partial charge is 0.447 e. The molecule has 1 amide bonds. The van der Waals surface area contributed by atoms with Crippen molar-refractivity contribution in [3.8, 4) is 10.4 Å². The highest BCUT2D eigenvalue weighted by atomic mass is 32.2. The van der Waals surface area contributed by atoms with Gasteiger partial charge in [0.15, 0.2) is 0 Å². The van der Waals surface area contributed by atoms with Gasteiger partial charge < -0.3 is 20.1 Å². The van der Waals surface area contributed by atoms with Crippen LogP contribution >= 0.6 is 11.3 Å². The fraction of sp³-hybridized carbons (Fsp3) is 0.655. The van der Waals surface area contributed by atoms with Crippen molar-refractivity contribution in [2.75, 3.05) is 18.5 Å². The van der Waals surface area contributed by atoms with Crippen molar-refractivity contribution >= 4 is 33.1 Å². The molecule has 0 radical (unpaired) electrons. The van der Waals surface area contributed by atoms with Gasteiger partial charge in [-0.1, -0.05) is 33.8 Å². The molecule has 0 saturated heterocycles. The maximum Gasteiger partial charge on any atom is 0.407 e. The number of amides is 1. The SMILES string of the molecule is CCNS(=O)(=O)c1cc(NC(C)(CC)OCC(C)C)ccc1-c1cnc(C2CCC(NC(=O)OC(C)C)CC2)s1. The Morgan fingerprint density at radius 2 is 1.85 bits per heavy atom. The molecule has 0 aliphatic heterocycles. The Bertz CT molecular complexity index is 1220. The van der Waals surface area contributed by atoms with Gasteiger partial charge in [0.2, 0.25) is 10.0 Å². The number of nitrogens with one attached hydrogen (secondary N) is 3. The van der Waals surface area contributed by atoms with E-state index in [1.54, 1.807) is 19.2 Å². The van der Waals surface area contributed by atoms with E-state index in [1.807, 2.05) is 39.8 Å². The quantitative estimate of drug-likeness (QED) is 0.227. The number of alkyl carbamates (subject to hydrolysis) is 1. The van der Waals surface area contributed by atoms with Crippen molar-refractivity contribution in [2.24, 2.45) is 5.92 Å². The van der Waals surface area contributed by atoms with E-state index in [9.17, 15) is 13.2 Å². The number of thiazole rings is 1. The molecule has 1 fully saturated rings. The van der Waals surface area contributed by atoms with Crippen LogP contribution in [-0.2, 0) is 19.5 Å². The normalized spacial score (nSPS) is 19.4. The molecule has 40 heavy (non-hydrogen) atoms. The fourth-order valence-electron chi connectivity index (χ4n) is 4.68. The third-order valence-corrected chi connectivity index (χ3v) is 9.73. The summed E-state index contributed by atoms with van der Waals surface area (Å²) in [6.45, 7) is 14.5. The minimum Gasteiger partial charge on any atom is -0.447 e. The van der Waals surface area contributed by atoms with Crippen LogP contribution in [0.5, 0.6) is 0 Å². The number of nitrogens with zero attached hydrogens (tertiary/aromatic N) is 1. The Hall–Kier alpha value is -2.21. The molecule has 224 valence electrons. The van der Waals surface area contributed by atoms with Crippen LogP contribution < -0.4 is 15.4 Å². The van der Waals surface area contributed by atoms with Gasteiger partial charge in [0.1, 0.15) is 5.72 Å². The third kappa shape index (κ3) is 8.89. The second kappa shape index (κ2) is 14.1. The fourth-order valence-corrected chi connectivity index (χ4v) is 7.15. The molecule has 3 N–H and O–H groups in total. The Labute approximate surface area is 243 Å². The molecule has 1 heterocycles. The second-order valence-electron chi connectivity index (χ2n) is 11.3. The molecule has 0 bridgehead atoms. The van der Waals surface area contributed by atoms with Crippen molar-refractivity contribution in [3.63, 3.8) is 0 Å². The second-order valence-corrected chi connectivity index (χ2v) is 14.1. The summed E-state index contributed by atoms with van der Waals surface area (Å²) in [5.41, 5.74) is 0.685. The molecule has 3 rings (SSSR count). The average molecular weight is 595 g/mol. The van der Waals surface area contributed by atoms with Crippen LogP contribution in [0.25, 0.3) is 10.4 Å². The first-order valence-electron chi connectivity index (χ1n) is 14.3. The molecular weight excluding hydrogens is 548 g/mol. The van der Waals surface area contributed by atoms with Crippen LogP contribution in [0.3, 0.4) is 0 Å². The maximum atomic E-state index is 13.3. The lowest BCUT2D eigenvalue weighted by Crippen LogP contribution is -2.38. The lowest BCUT2D eigenvalue weighted by Gasteiger charge is -2.32. The number of sulfonamides is 1. The summed E-state index contributed by atoms with van der Waals surface area (Å²) >= 11 is 1.54. The minimum atomic E-state index is -3.75. The molecular formula is C29H46N4O5S2. The number of rotatable bonds is 13. The van der Waals surface area contributed by atoms with Crippen LogP contribution in [-0.4, -0.2) is 50.5 Å². The first-order valence-corrected chi connectivity index (χ1v) is 16.6. The van der Waals surface area contributed by atoms with E-state index in [-0.39, 0.29) is 29.1 Å². The van der Waals surface area contributed by atoms with Gasteiger partial charge in [-0.15, -0.1) is 11.3 Å². The Kier molecular flexibility index (Phi) is 11.4. The van der Waals surface area contributed by atoms with Gasteiger partial charge >= 0.3 is 6.09 Å². The summed E-state index contributed by atoms with van der Waals surface area (Å²) < 4.78 is 40.6. The van der Waals surface area contributed by atoms with Crippen LogP contribution in [0.15, 0.2) is 29.3 Å². The molecule has 1 saturated carbocycles. The number of benzene rings is 1. The number of hydrogen-bond acceptors (Lipinski definition) is 8. The molecule has 11 heteroatoms. The van der Waals surface area contributed by atoms with E-state index in [0.29, 0.717) is 36.7 Å². The molecule has 1 unspecified atom stereocenters. The molecule has 0 spiro atoms. The van der Waals surface area contributed by atoms with Gasteiger partial charge in [-0.25, -0.2) is 22.9 Å². The summed E-state index contributed by atoms with van der Waals surface area (Å²) in [4.78, 5) is 17.7. The number of hydrogen-bond donors (Lipinski definition) is 3. The predicted octanol–water partition coefficient (Wildman–Crippen LogP) is 6.48. The van der Waals surface area contributed by atoms with Gasteiger partial charge in [0.05, 0.1) is 27.5 Å². The number of aromatic nitrogens is 1. The number of anilines is 1. The van der Waals surface area contributed by atoms with Gasteiger partial charge in [0.25, 0.3) is 0 Å². The van der Waals surface area contributed by atoms with Gasteiger partial charge in [0, 0.05) is 36.0 Å². The predicted molar refractivity (Wildman–Crippen MR) is 161 cm³/mol. The zero-order valence-electron chi connectivity index (χ0n) is 24.9. The summed E-state index contributed by atoms with van der Waals surface area (Å²) in [7, 11) is -3.75. The van der Waals surface area contributed by atoms with E-state index in [0.717, 1.165) is 35.6 Å². The summed E-state index contributed by atoms with van der Waals surface area (Å²) in [5, 5.41) is 7.37. The summed E-state index contributed by atoms with van der Waals surface area (Å²) in [6, 6.07) is 5.53. The molecule has 1 aromatic heterocycles. The molecule has 2 aromatic rings. The van der Waals surface area contributed by atoms with Crippen molar-refractivity contribution in [1.82, 2.24) is 15.0 Å². The first kappa shape index (κ1) is 32.3. The molecule has 1 aliphatic carbocycles. The average Bonchev–Trinajstić information content (AvgIpc) is 3.37. The van der Waals surface area contributed by atoms with E-state index < -0.39 is 15.7 Å². The lowest BCUT2D eigenvalue weighted by molar-refractivity contribution is -0.0257. The Balaban J connectivity index is 1.80. The third-order valence-electron chi connectivity index (χ3n) is 6.95. The van der Waals surface area contributed by atoms with E-state index >= 15 is 0 Å². The molecule has 1 atom stereocenters. The topological polar surface area (TPSA) is 119 Å². The van der Waals surface area contributed by atoms with Crippen LogP contribution in [0.2, 0.25) is 0 Å². The molecule has 9 nitrogen and oxygen atoms in total. The van der Waals surface area contributed by atoms with E-state index in [2.05, 4.69) is 29.2 Å². The standard InChI is InChI=1S/C29H46N4O5S2/c1-8-29(7,37-18-19(3)4)33-23-14-15-24(26(16-23)40(35,36)31-9-2)25-17-30-27(39-25)21-10-12-22(13-11-21)32-28(34)38-20(5)6/h14-17,19-22,31,33H,8-13,18H2,1-7H3,(H,32,34).